The molecular weight excluding hydrogens is 269 g/mol. The highest BCUT2D eigenvalue weighted by Crippen LogP contribution is 2.40. The third-order valence-electron chi connectivity index (χ3n) is 4.52. The fourth-order valence-electron chi connectivity index (χ4n) is 2.46. The standard InChI is InChI=1S/C15H22BNO4/c1-14(2)15(3,4)21-16(20-14)13(17)10-5-6-11-12(9-10)19-8-7-18-11/h5-6,9,13H,7-8,17H2,1-4H3/t13-/m1/s1. The number of rotatable bonds is 2. The van der Waals surface area contributed by atoms with Crippen molar-refractivity contribution >= 4 is 7.12 Å². The SMILES string of the molecule is CC1(C)OB([C@H](N)c2ccc3c(c2)OCCO3)OC1(C)C. The van der Waals surface area contributed by atoms with Crippen LogP contribution in [0.25, 0.3) is 0 Å². The van der Waals surface area contributed by atoms with Gasteiger partial charge in [0, 0.05) is 0 Å². The summed E-state index contributed by atoms with van der Waals surface area (Å²) >= 11 is 0. The highest BCUT2D eigenvalue weighted by atomic mass is 16.7. The molecule has 0 aliphatic carbocycles. The van der Waals surface area contributed by atoms with Crippen LogP contribution >= 0.6 is 0 Å². The van der Waals surface area contributed by atoms with Crippen LogP contribution in [0.1, 0.15) is 39.2 Å². The summed E-state index contributed by atoms with van der Waals surface area (Å²) in [5, 5.41) is 0. The van der Waals surface area contributed by atoms with E-state index >= 15 is 0 Å². The summed E-state index contributed by atoms with van der Waals surface area (Å²) in [5.41, 5.74) is 6.47. The van der Waals surface area contributed by atoms with Crippen LogP contribution in [0, 0.1) is 0 Å². The van der Waals surface area contributed by atoms with E-state index in [0.717, 1.165) is 17.1 Å². The largest absolute Gasteiger partial charge is 0.486 e. The molecule has 2 aliphatic rings. The molecule has 0 bridgehead atoms. The minimum Gasteiger partial charge on any atom is -0.486 e. The number of nitrogens with two attached hydrogens (primary N) is 1. The average molecular weight is 291 g/mol. The van der Waals surface area contributed by atoms with Crippen molar-refractivity contribution in [1.29, 1.82) is 0 Å². The van der Waals surface area contributed by atoms with Crippen LogP contribution in [-0.4, -0.2) is 31.5 Å². The average Bonchev–Trinajstić information content (AvgIpc) is 2.66. The molecule has 2 N–H and O–H groups in total. The molecule has 1 aromatic carbocycles. The predicted molar refractivity (Wildman–Crippen MR) is 80.4 cm³/mol. The van der Waals surface area contributed by atoms with Gasteiger partial charge in [-0.25, -0.2) is 0 Å². The van der Waals surface area contributed by atoms with Crippen molar-refractivity contribution in [3.8, 4) is 11.5 Å². The fraction of sp³-hybridized carbons (Fsp3) is 0.600. The third kappa shape index (κ3) is 2.52. The minimum atomic E-state index is -0.474. The Hall–Kier alpha value is -1.24. The maximum Gasteiger partial charge on any atom is 0.480 e. The summed E-state index contributed by atoms with van der Waals surface area (Å²) in [6.45, 7) is 9.21. The van der Waals surface area contributed by atoms with E-state index in [-0.39, 0.29) is 17.1 Å². The van der Waals surface area contributed by atoms with Crippen molar-refractivity contribution in [1.82, 2.24) is 0 Å². The van der Waals surface area contributed by atoms with Crippen molar-refractivity contribution in [3.63, 3.8) is 0 Å². The van der Waals surface area contributed by atoms with Gasteiger partial charge < -0.3 is 24.5 Å². The number of hydrogen-bond donors (Lipinski definition) is 1. The van der Waals surface area contributed by atoms with Crippen LogP contribution in [0.3, 0.4) is 0 Å². The van der Waals surface area contributed by atoms with Crippen LogP contribution < -0.4 is 15.2 Å². The highest BCUT2D eigenvalue weighted by Gasteiger charge is 2.53. The molecule has 0 saturated carbocycles. The van der Waals surface area contributed by atoms with Gasteiger partial charge in [-0.1, -0.05) is 6.07 Å². The first-order chi connectivity index (χ1) is 9.80. The molecule has 21 heavy (non-hydrogen) atoms. The quantitative estimate of drug-likeness (QED) is 0.845. The minimum absolute atomic E-state index is 0.373. The van der Waals surface area contributed by atoms with Gasteiger partial charge in [0.05, 0.1) is 17.1 Å². The van der Waals surface area contributed by atoms with Gasteiger partial charge in [-0.15, -0.1) is 0 Å². The molecule has 2 heterocycles. The molecule has 0 amide bonds. The molecule has 0 unspecified atom stereocenters. The molecule has 1 fully saturated rings. The van der Waals surface area contributed by atoms with Crippen molar-refractivity contribution in [2.45, 2.75) is 44.8 Å². The molecule has 6 heteroatoms. The van der Waals surface area contributed by atoms with E-state index in [1.54, 1.807) is 0 Å². The van der Waals surface area contributed by atoms with E-state index < -0.39 is 7.12 Å². The van der Waals surface area contributed by atoms with Crippen LogP contribution in [-0.2, 0) is 9.31 Å². The van der Waals surface area contributed by atoms with Gasteiger partial charge in [-0.05, 0) is 45.4 Å². The van der Waals surface area contributed by atoms with Gasteiger partial charge in [-0.2, -0.15) is 0 Å². The van der Waals surface area contributed by atoms with E-state index in [4.69, 9.17) is 24.5 Å². The fourth-order valence-corrected chi connectivity index (χ4v) is 2.46. The number of fused-ring (bicyclic) bond motifs is 1. The monoisotopic (exact) mass is 291 g/mol. The zero-order chi connectivity index (χ0) is 15.3. The Morgan fingerprint density at radius 2 is 1.57 bits per heavy atom. The summed E-state index contributed by atoms with van der Waals surface area (Å²) in [6, 6.07) is 5.72. The second-order valence-corrected chi connectivity index (χ2v) is 6.55. The summed E-state index contributed by atoms with van der Waals surface area (Å²) in [4.78, 5) is 0. The summed E-state index contributed by atoms with van der Waals surface area (Å²) in [7, 11) is -0.474. The van der Waals surface area contributed by atoms with Crippen LogP contribution in [0.2, 0.25) is 0 Å². The second kappa shape index (κ2) is 4.90. The summed E-state index contributed by atoms with van der Waals surface area (Å²) < 4.78 is 23.1. The van der Waals surface area contributed by atoms with Gasteiger partial charge in [0.2, 0.25) is 0 Å². The highest BCUT2D eigenvalue weighted by molar-refractivity contribution is 6.47. The van der Waals surface area contributed by atoms with Gasteiger partial charge >= 0.3 is 7.12 Å². The Bertz CT molecular complexity index is 530. The Morgan fingerprint density at radius 1 is 1.00 bits per heavy atom. The van der Waals surface area contributed by atoms with Crippen molar-refractivity contribution in [2.24, 2.45) is 5.73 Å². The normalized spacial score (nSPS) is 24.0. The van der Waals surface area contributed by atoms with E-state index in [1.807, 2.05) is 45.9 Å². The van der Waals surface area contributed by atoms with E-state index in [2.05, 4.69) is 0 Å². The molecule has 1 saturated heterocycles. The first-order valence-electron chi connectivity index (χ1n) is 7.31. The van der Waals surface area contributed by atoms with Crippen molar-refractivity contribution in [3.05, 3.63) is 23.8 Å². The van der Waals surface area contributed by atoms with E-state index in [1.165, 1.54) is 0 Å². The lowest BCUT2D eigenvalue weighted by atomic mass is 9.75. The maximum absolute atomic E-state index is 6.33. The zero-order valence-corrected chi connectivity index (χ0v) is 13.0. The molecule has 1 atom stereocenters. The summed E-state index contributed by atoms with van der Waals surface area (Å²) in [6.07, 6.45) is 0. The summed E-state index contributed by atoms with van der Waals surface area (Å²) in [5.74, 6) is 1.11. The molecule has 114 valence electrons. The Kier molecular flexibility index (Phi) is 3.43. The number of benzene rings is 1. The lowest BCUT2D eigenvalue weighted by Gasteiger charge is -2.32. The topological polar surface area (TPSA) is 62.9 Å². The van der Waals surface area contributed by atoms with Crippen LogP contribution in [0.5, 0.6) is 11.5 Å². The van der Waals surface area contributed by atoms with Gasteiger partial charge in [0.15, 0.2) is 11.5 Å². The predicted octanol–water partition coefficient (Wildman–Crippen LogP) is 2.09. The first-order valence-corrected chi connectivity index (χ1v) is 7.31. The smallest absolute Gasteiger partial charge is 0.480 e. The molecule has 2 aliphatic heterocycles. The number of ether oxygens (including phenoxy) is 2. The molecule has 1 aromatic rings. The van der Waals surface area contributed by atoms with Gasteiger partial charge in [0.1, 0.15) is 13.2 Å². The molecular formula is C15H22BNO4. The van der Waals surface area contributed by atoms with E-state index in [9.17, 15) is 0 Å². The molecule has 0 aromatic heterocycles. The van der Waals surface area contributed by atoms with Gasteiger partial charge in [0.25, 0.3) is 0 Å². The van der Waals surface area contributed by atoms with Crippen molar-refractivity contribution in [2.75, 3.05) is 13.2 Å². The number of hydrogen-bond acceptors (Lipinski definition) is 5. The molecule has 0 spiro atoms. The third-order valence-corrected chi connectivity index (χ3v) is 4.52. The first kappa shape index (κ1) is 14.7. The Balaban J connectivity index is 1.82. The molecule has 5 nitrogen and oxygen atoms in total. The van der Waals surface area contributed by atoms with Crippen LogP contribution in [0.4, 0.5) is 0 Å². The Morgan fingerprint density at radius 3 is 2.19 bits per heavy atom. The van der Waals surface area contributed by atoms with Crippen LogP contribution in [0.15, 0.2) is 18.2 Å². The maximum atomic E-state index is 6.33. The molecule has 3 rings (SSSR count). The second-order valence-electron chi connectivity index (χ2n) is 6.55. The van der Waals surface area contributed by atoms with E-state index in [0.29, 0.717) is 13.2 Å². The molecule has 0 radical (unpaired) electrons. The van der Waals surface area contributed by atoms with Gasteiger partial charge in [-0.3, -0.25) is 0 Å². The Labute approximate surface area is 125 Å². The lowest BCUT2D eigenvalue weighted by molar-refractivity contribution is 0.00578. The zero-order valence-electron chi connectivity index (χ0n) is 13.0. The van der Waals surface area contributed by atoms with Crippen molar-refractivity contribution < 1.29 is 18.8 Å². The lowest BCUT2D eigenvalue weighted by Crippen LogP contribution is -2.41.